The summed E-state index contributed by atoms with van der Waals surface area (Å²) < 4.78 is 0. The van der Waals surface area contributed by atoms with Crippen molar-refractivity contribution in [1.82, 2.24) is 0 Å². The first-order valence-electron chi connectivity index (χ1n) is 6.24. The zero-order valence-corrected chi connectivity index (χ0v) is 9.11. The molecule has 0 bridgehead atoms. The molecule has 0 aromatic carbocycles. The Hall–Kier alpha value is -0.850. The van der Waals surface area contributed by atoms with Gasteiger partial charge in [-0.3, -0.25) is 4.79 Å². The van der Waals surface area contributed by atoms with Crippen LogP contribution in [0.4, 0.5) is 0 Å². The van der Waals surface area contributed by atoms with E-state index in [1.54, 1.807) is 5.57 Å². The Morgan fingerprint density at radius 2 is 2.20 bits per heavy atom. The fourth-order valence-corrected chi connectivity index (χ4v) is 3.58. The van der Waals surface area contributed by atoms with Gasteiger partial charge in [0.1, 0.15) is 5.78 Å². The Balaban J connectivity index is 1.89. The van der Waals surface area contributed by atoms with Crippen molar-refractivity contribution >= 4 is 5.78 Å². The number of ketones is 1. The summed E-state index contributed by atoms with van der Waals surface area (Å²) in [5, 5.41) is 0. The largest absolute Gasteiger partial charge is 0.300 e. The second kappa shape index (κ2) is 3.62. The Bertz CT molecular complexity index is 337. The van der Waals surface area contributed by atoms with Gasteiger partial charge in [0.25, 0.3) is 0 Å². The maximum atomic E-state index is 11.4. The quantitative estimate of drug-likeness (QED) is 0.589. The highest BCUT2D eigenvalue weighted by Crippen LogP contribution is 2.45. The monoisotopic (exact) mass is 202 g/mol. The number of carbonyl (C=O) groups is 1. The normalized spacial score (nSPS) is 39.3. The highest BCUT2D eigenvalue weighted by Gasteiger charge is 2.37. The summed E-state index contributed by atoms with van der Waals surface area (Å²) in [6, 6.07) is 0. The van der Waals surface area contributed by atoms with Crippen molar-refractivity contribution in [3.05, 3.63) is 23.8 Å². The second-order valence-electron chi connectivity index (χ2n) is 5.21. The number of fused-ring (bicyclic) bond motifs is 3. The van der Waals surface area contributed by atoms with Gasteiger partial charge in [-0.2, -0.15) is 0 Å². The predicted molar refractivity (Wildman–Crippen MR) is 60.4 cm³/mol. The molecule has 0 spiro atoms. The van der Waals surface area contributed by atoms with Gasteiger partial charge in [0.05, 0.1) is 0 Å². The number of hydrogen-bond acceptors (Lipinski definition) is 1. The van der Waals surface area contributed by atoms with Crippen LogP contribution in [0.2, 0.25) is 0 Å². The van der Waals surface area contributed by atoms with Crippen LogP contribution in [0.5, 0.6) is 0 Å². The molecule has 0 aromatic heterocycles. The SMILES string of the molecule is O=C1CCC2C(C=CC3=CCCCC32)C1. The van der Waals surface area contributed by atoms with E-state index >= 15 is 0 Å². The standard InChI is InChI=1S/C14H18O/c15-12-7-8-14-11(9-12)6-5-10-3-1-2-4-13(10)14/h3,5-6,11,13-14H,1-2,4,7-9H2. The molecule has 0 N–H and O–H groups in total. The molecule has 15 heavy (non-hydrogen) atoms. The molecule has 0 aromatic rings. The van der Waals surface area contributed by atoms with Crippen LogP contribution in [0.3, 0.4) is 0 Å². The number of carbonyl (C=O) groups excluding carboxylic acids is 1. The molecule has 3 aliphatic carbocycles. The minimum absolute atomic E-state index is 0.476. The third kappa shape index (κ3) is 1.58. The minimum Gasteiger partial charge on any atom is -0.300 e. The average Bonchev–Trinajstić information content (AvgIpc) is 2.28. The zero-order chi connectivity index (χ0) is 10.3. The van der Waals surface area contributed by atoms with Crippen molar-refractivity contribution in [2.45, 2.75) is 38.5 Å². The highest BCUT2D eigenvalue weighted by atomic mass is 16.1. The molecule has 0 heterocycles. The van der Waals surface area contributed by atoms with E-state index in [4.69, 9.17) is 0 Å². The minimum atomic E-state index is 0.476. The van der Waals surface area contributed by atoms with Gasteiger partial charge >= 0.3 is 0 Å². The molecule has 0 radical (unpaired) electrons. The smallest absolute Gasteiger partial charge is 0.133 e. The molecular formula is C14H18O. The first kappa shape index (κ1) is 9.38. The van der Waals surface area contributed by atoms with Gasteiger partial charge in [0.15, 0.2) is 0 Å². The lowest BCUT2D eigenvalue weighted by Crippen LogP contribution is -2.33. The Kier molecular flexibility index (Phi) is 2.27. The van der Waals surface area contributed by atoms with Crippen LogP contribution in [0, 0.1) is 17.8 Å². The van der Waals surface area contributed by atoms with Crippen LogP contribution >= 0.6 is 0 Å². The summed E-state index contributed by atoms with van der Waals surface area (Å²) in [5.74, 6) is 2.59. The van der Waals surface area contributed by atoms with Crippen LogP contribution < -0.4 is 0 Å². The molecule has 1 heteroatoms. The van der Waals surface area contributed by atoms with Crippen molar-refractivity contribution in [2.24, 2.45) is 17.8 Å². The highest BCUT2D eigenvalue weighted by molar-refractivity contribution is 5.79. The van der Waals surface area contributed by atoms with Gasteiger partial charge in [-0.1, -0.05) is 18.2 Å². The lowest BCUT2D eigenvalue weighted by Gasteiger charge is -2.40. The van der Waals surface area contributed by atoms with Crippen molar-refractivity contribution in [3.8, 4) is 0 Å². The van der Waals surface area contributed by atoms with Crippen LogP contribution in [0.1, 0.15) is 38.5 Å². The van der Waals surface area contributed by atoms with Crippen molar-refractivity contribution in [2.75, 3.05) is 0 Å². The summed E-state index contributed by atoms with van der Waals surface area (Å²) in [7, 11) is 0. The van der Waals surface area contributed by atoms with Crippen LogP contribution in [-0.4, -0.2) is 5.78 Å². The number of Topliss-reactive ketones (excluding diaryl/α,β-unsaturated/α-hetero) is 1. The fraction of sp³-hybridized carbons (Fsp3) is 0.643. The van der Waals surface area contributed by atoms with Gasteiger partial charge in [-0.15, -0.1) is 0 Å². The molecule has 0 amide bonds. The molecule has 1 saturated carbocycles. The molecule has 80 valence electrons. The topological polar surface area (TPSA) is 17.1 Å². The lowest BCUT2D eigenvalue weighted by molar-refractivity contribution is -0.122. The summed E-state index contributed by atoms with van der Waals surface area (Å²) in [6.45, 7) is 0. The molecule has 0 aliphatic heterocycles. The van der Waals surface area contributed by atoms with E-state index < -0.39 is 0 Å². The van der Waals surface area contributed by atoms with E-state index in [2.05, 4.69) is 18.2 Å². The lowest BCUT2D eigenvalue weighted by atomic mass is 9.64. The van der Waals surface area contributed by atoms with E-state index in [1.165, 1.54) is 19.3 Å². The number of rotatable bonds is 0. The summed E-state index contributed by atoms with van der Waals surface area (Å²) in [6.07, 6.45) is 13.7. The van der Waals surface area contributed by atoms with Crippen LogP contribution in [0.15, 0.2) is 23.8 Å². The molecule has 0 saturated heterocycles. The van der Waals surface area contributed by atoms with Crippen LogP contribution in [0.25, 0.3) is 0 Å². The van der Waals surface area contributed by atoms with E-state index in [0.29, 0.717) is 11.7 Å². The van der Waals surface area contributed by atoms with E-state index in [-0.39, 0.29) is 0 Å². The van der Waals surface area contributed by atoms with E-state index in [0.717, 1.165) is 31.1 Å². The summed E-state index contributed by atoms with van der Waals surface area (Å²) >= 11 is 0. The maximum absolute atomic E-state index is 11.4. The molecule has 3 atom stereocenters. The van der Waals surface area contributed by atoms with Crippen LogP contribution in [-0.2, 0) is 4.79 Å². The van der Waals surface area contributed by atoms with Crippen molar-refractivity contribution in [1.29, 1.82) is 0 Å². The number of hydrogen-bond donors (Lipinski definition) is 0. The molecule has 1 nitrogen and oxygen atoms in total. The van der Waals surface area contributed by atoms with E-state index in [9.17, 15) is 4.79 Å². The average molecular weight is 202 g/mol. The van der Waals surface area contributed by atoms with Gasteiger partial charge in [0, 0.05) is 12.8 Å². The zero-order valence-electron chi connectivity index (χ0n) is 9.11. The first-order chi connectivity index (χ1) is 7.34. The van der Waals surface area contributed by atoms with E-state index in [1.807, 2.05) is 0 Å². The summed E-state index contributed by atoms with van der Waals surface area (Å²) in [4.78, 5) is 11.4. The molecule has 3 unspecified atom stereocenters. The van der Waals surface area contributed by atoms with Gasteiger partial charge in [-0.25, -0.2) is 0 Å². The third-order valence-electron chi connectivity index (χ3n) is 4.35. The Morgan fingerprint density at radius 3 is 3.13 bits per heavy atom. The Morgan fingerprint density at radius 1 is 1.27 bits per heavy atom. The van der Waals surface area contributed by atoms with Gasteiger partial charge in [0.2, 0.25) is 0 Å². The molecular weight excluding hydrogens is 184 g/mol. The molecule has 3 rings (SSSR count). The third-order valence-corrected chi connectivity index (χ3v) is 4.35. The number of allylic oxidation sites excluding steroid dienone is 4. The van der Waals surface area contributed by atoms with Gasteiger partial charge in [-0.05, 0) is 49.0 Å². The predicted octanol–water partition coefficient (Wildman–Crippen LogP) is 3.27. The summed E-state index contributed by atoms with van der Waals surface area (Å²) in [5.41, 5.74) is 1.57. The van der Waals surface area contributed by atoms with Gasteiger partial charge < -0.3 is 0 Å². The van der Waals surface area contributed by atoms with Crippen molar-refractivity contribution in [3.63, 3.8) is 0 Å². The first-order valence-corrected chi connectivity index (χ1v) is 6.24. The second-order valence-corrected chi connectivity index (χ2v) is 5.21. The Labute approximate surface area is 91.2 Å². The fourth-order valence-electron chi connectivity index (χ4n) is 3.58. The molecule has 3 aliphatic rings. The van der Waals surface area contributed by atoms with Crippen molar-refractivity contribution < 1.29 is 4.79 Å². The molecule has 1 fully saturated rings. The maximum Gasteiger partial charge on any atom is 0.133 e.